The Bertz CT molecular complexity index is 512. The lowest BCUT2D eigenvalue weighted by molar-refractivity contribution is -0.119. The third-order valence-corrected chi connectivity index (χ3v) is 4.98. The van der Waals surface area contributed by atoms with Crippen molar-refractivity contribution in [3.05, 3.63) is 29.8 Å². The van der Waals surface area contributed by atoms with Gasteiger partial charge in [-0.05, 0) is 50.0 Å². The van der Waals surface area contributed by atoms with E-state index in [-0.39, 0.29) is 11.6 Å². The maximum atomic E-state index is 11.8. The number of nitrogens with one attached hydrogen (secondary N) is 2. The Labute approximate surface area is 122 Å². The molecular formula is C14H17N3O2S. The minimum atomic E-state index is -0.226. The Hall–Kier alpha value is -1.37. The van der Waals surface area contributed by atoms with Crippen LogP contribution in [0, 0.1) is 0 Å². The molecule has 2 N–H and O–H groups in total. The maximum absolute atomic E-state index is 11.8. The molecule has 1 aromatic carbocycles. The van der Waals surface area contributed by atoms with E-state index in [1.807, 2.05) is 12.1 Å². The van der Waals surface area contributed by atoms with Gasteiger partial charge in [-0.15, -0.1) is 0 Å². The first-order chi connectivity index (χ1) is 9.72. The number of piperidine rings is 1. The van der Waals surface area contributed by atoms with Crippen LogP contribution in [0.4, 0.5) is 0 Å². The van der Waals surface area contributed by atoms with Crippen LogP contribution in [0.3, 0.4) is 0 Å². The SMILES string of the molecule is O=Cc1ccc(SN2CC(=O)NC23CCNCC3)cc1. The zero-order chi connectivity index (χ0) is 14.0. The molecule has 1 spiro atoms. The minimum absolute atomic E-state index is 0.0870. The van der Waals surface area contributed by atoms with Gasteiger partial charge in [0.15, 0.2) is 0 Å². The van der Waals surface area contributed by atoms with Crippen molar-refractivity contribution in [1.82, 2.24) is 14.9 Å². The van der Waals surface area contributed by atoms with Crippen molar-refractivity contribution in [2.24, 2.45) is 0 Å². The fourth-order valence-corrected chi connectivity index (χ4v) is 3.81. The molecule has 2 aliphatic heterocycles. The van der Waals surface area contributed by atoms with Crippen molar-refractivity contribution in [3.63, 3.8) is 0 Å². The van der Waals surface area contributed by atoms with E-state index in [2.05, 4.69) is 14.9 Å². The first kappa shape index (κ1) is 13.6. The van der Waals surface area contributed by atoms with Crippen LogP contribution in [0.15, 0.2) is 29.2 Å². The quantitative estimate of drug-likeness (QED) is 0.643. The number of amides is 1. The summed E-state index contributed by atoms with van der Waals surface area (Å²) in [5, 5.41) is 6.46. The lowest BCUT2D eigenvalue weighted by Crippen LogP contribution is -2.55. The molecule has 3 rings (SSSR count). The Balaban J connectivity index is 1.77. The molecule has 6 heteroatoms. The zero-order valence-corrected chi connectivity index (χ0v) is 11.9. The van der Waals surface area contributed by atoms with Crippen LogP contribution in [0.25, 0.3) is 0 Å². The molecule has 1 amide bonds. The standard InChI is InChI=1S/C14H17N3O2S/c18-10-11-1-3-12(4-2-11)20-17-9-13(19)16-14(17)5-7-15-8-6-14/h1-4,10,15H,5-9H2,(H,16,19). The largest absolute Gasteiger partial charge is 0.336 e. The maximum Gasteiger partial charge on any atom is 0.236 e. The van der Waals surface area contributed by atoms with Crippen molar-refractivity contribution in [2.45, 2.75) is 23.4 Å². The summed E-state index contributed by atoms with van der Waals surface area (Å²) in [6.07, 6.45) is 2.67. The number of aldehydes is 1. The highest BCUT2D eigenvalue weighted by Crippen LogP contribution is 2.36. The topological polar surface area (TPSA) is 61.4 Å². The van der Waals surface area contributed by atoms with E-state index in [0.29, 0.717) is 12.1 Å². The van der Waals surface area contributed by atoms with E-state index in [1.54, 1.807) is 24.1 Å². The normalized spacial score (nSPS) is 21.9. The number of benzene rings is 1. The van der Waals surface area contributed by atoms with Crippen LogP contribution in [-0.2, 0) is 4.79 Å². The Kier molecular flexibility index (Phi) is 3.78. The molecular weight excluding hydrogens is 274 g/mol. The van der Waals surface area contributed by atoms with Gasteiger partial charge in [0, 0.05) is 10.5 Å². The first-order valence-corrected chi connectivity index (χ1v) is 7.52. The van der Waals surface area contributed by atoms with Crippen molar-refractivity contribution in [2.75, 3.05) is 19.6 Å². The number of carbonyl (C=O) groups is 2. The zero-order valence-electron chi connectivity index (χ0n) is 11.1. The molecule has 20 heavy (non-hydrogen) atoms. The highest BCUT2D eigenvalue weighted by atomic mass is 32.2. The van der Waals surface area contributed by atoms with Gasteiger partial charge < -0.3 is 10.6 Å². The minimum Gasteiger partial charge on any atom is -0.336 e. The predicted molar refractivity (Wildman–Crippen MR) is 77.4 cm³/mol. The van der Waals surface area contributed by atoms with Crippen LogP contribution in [0.2, 0.25) is 0 Å². The number of hydrogen-bond donors (Lipinski definition) is 2. The summed E-state index contributed by atoms with van der Waals surface area (Å²) in [4.78, 5) is 23.5. The summed E-state index contributed by atoms with van der Waals surface area (Å²) in [6, 6.07) is 7.45. The summed E-state index contributed by atoms with van der Waals surface area (Å²) in [6.45, 7) is 2.25. The average Bonchev–Trinajstić information content (AvgIpc) is 2.76. The van der Waals surface area contributed by atoms with Crippen molar-refractivity contribution >= 4 is 24.1 Å². The van der Waals surface area contributed by atoms with Crippen molar-refractivity contribution < 1.29 is 9.59 Å². The lowest BCUT2D eigenvalue weighted by Gasteiger charge is -2.39. The second kappa shape index (κ2) is 5.55. The molecule has 2 saturated heterocycles. The van der Waals surface area contributed by atoms with E-state index >= 15 is 0 Å². The highest BCUT2D eigenvalue weighted by Gasteiger charge is 2.45. The van der Waals surface area contributed by atoms with Crippen LogP contribution >= 0.6 is 11.9 Å². The molecule has 2 fully saturated rings. The number of rotatable bonds is 3. The molecule has 0 atom stereocenters. The monoisotopic (exact) mass is 291 g/mol. The summed E-state index contributed by atoms with van der Waals surface area (Å²) >= 11 is 1.59. The van der Waals surface area contributed by atoms with Crippen LogP contribution in [0.5, 0.6) is 0 Å². The van der Waals surface area contributed by atoms with Gasteiger partial charge in [0.2, 0.25) is 5.91 Å². The highest BCUT2D eigenvalue weighted by molar-refractivity contribution is 7.97. The molecule has 106 valence electrons. The van der Waals surface area contributed by atoms with Gasteiger partial charge in [-0.1, -0.05) is 12.1 Å². The van der Waals surface area contributed by atoms with E-state index in [9.17, 15) is 9.59 Å². The van der Waals surface area contributed by atoms with Crippen molar-refractivity contribution in [1.29, 1.82) is 0 Å². The van der Waals surface area contributed by atoms with Crippen molar-refractivity contribution in [3.8, 4) is 0 Å². The smallest absolute Gasteiger partial charge is 0.236 e. The molecule has 2 aliphatic rings. The lowest BCUT2D eigenvalue weighted by atomic mass is 9.99. The number of hydrogen-bond acceptors (Lipinski definition) is 5. The van der Waals surface area contributed by atoms with Crippen LogP contribution < -0.4 is 10.6 Å². The summed E-state index contributed by atoms with van der Waals surface area (Å²) in [5.41, 5.74) is 0.442. The van der Waals surface area contributed by atoms with Gasteiger partial charge in [0.05, 0.1) is 6.54 Å². The molecule has 1 aromatic rings. The van der Waals surface area contributed by atoms with Gasteiger partial charge in [-0.25, -0.2) is 4.31 Å². The molecule has 0 aromatic heterocycles. The first-order valence-electron chi connectivity index (χ1n) is 6.74. The number of nitrogens with zero attached hydrogens (tertiary/aromatic N) is 1. The summed E-state index contributed by atoms with van der Waals surface area (Å²) in [7, 11) is 0. The van der Waals surface area contributed by atoms with E-state index < -0.39 is 0 Å². The summed E-state index contributed by atoms with van der Waals surface area (Å²) in [5.74, 6) is 0.0870. The Morgan fingerprint density at radius 3 is 2.55 bits per heavy atom. The molecule has 0 saturated carbocycles. The van der Waals surface area contributed by atoms with Crippen LogP contribution in [-0.4, -0.2) is 41.8 Å². The fraction of sp³-hybridized carbons (Fsp3) is 0.429. The van der Waals surface area contributed by atoms with E-state index in [1.165, 1.54) is 0 Å². The molecule has 5 nitrogen and oxygen atoms in total. The van der Waals surface area contributed by atoms with Gasteiger partial charge in [-0.3, -0.25) is 9.59 Å². The van der Waals surface area contributed by atoms with Gasteiger partial charge in [0.1, 0.15) is 11.9 Å². The molecule has 2 heterocycles. The van der Waals surface area contributed by atoms with Gasteiger partial charge in [-0.2, -0.15) is 0 Å². The third-order valence-electron chi connectivity index (χ3n) is 3.80. The second-order valence-corrected chi connectivity index (χ2v) is 6.24. The van der Waals surface area contributed by atoms with Gasteiger partial charge >= 0.3 is 0 Å². The molecule has 0 radical (unpaired) electrons. The molecule has 0 aliphatic carbocycles. The van der Waals surface area contributed by atoms with E-state index in [4.69, 9.17) is 0 Å². The molecule has 0 unspecified atom stereocenters. The second-order valence-electron chi connectivity index (χ2n) is 5.14. The van der Waals surface area contributed by atoms with E-state index in [0.717, 1.165) is 37.1 Å². The Morgan fingerprint density at radius 1 is 1.20 bits per heavy atom. The van der Waals surface area contributed by atoms with Crippen LogP contribution in [0.1, 0.15) is 23.2 Å². The summed E-state index contributed by atoms with van der Waals surface area (Å²) < 4.78 is 2.14. The average molecular weight is 291 g/mol. The van der Waals surface area contributed by atoms with Gasteiger partial charge in [0.25, 0.3) is 0 Å². The Morgan fingerprint density at radius 2 is 1.90 bits per heavy atom. The fourth-order valence-electron chi connectivity index (χ4n) is 2.71. The predicted octanol–water partition coefficient (Wildman–Crippen LogP) is 1.02. The molecule has 0 bridgehead atoms. The number of carbonyl (C=O) groups excluding carboxylic acids is 2. The third kappa shape index (κ3) is 2.59.